The van der Waals surface area contributed by atoms with E-state index in [-0.39, 0.29) is 30.7 Å². The average molecular weight is 358 g/mol. The Morgan fingerprint density at radius 2 is 1.96 bits per heavy atom. The molecule has 0 saturated carbocycles. The topological polar surface area (TPSA) is 77.2 Å². The summed E-state index contributed by atoms with van der Waals surface area (Å²) in [5.41, 5.74) is 8.08. The van der Waals surface area contributed by atoms with Gasteiger partial charge in [-0.25, -0.2) is 4.98 Å². The minimum atomic E-state index is -0.110. The van der Waals surface area contributed by atoms with Gasteiger partial charge >= 0.3 is 0 Å². The van der Waals surface area contributed by atoms with Crippen molar-refractivity contribution >= 4 is 36.4 Å². The van der Waals surface area contributed by atoms with Crippen LogP contribution in [-0.2, 0) is 4.79 Å². The van der Waals surface area contributed by atoms with Crippen LogP contribution in [-0.4, -0.2) is 17.4 Å². The smallest absolute Gasteiger partial charge is 0.225 e. The molecule has 1 aromatic carbocycles. The summed E-state index contributed by atoms with van der Waals surface area (Å²) in [5.74, 6) is 1.09. The fourth-order valence-corrected chi connectivity index (χ4v) is 1.82. The number of carbonyl (C=O) groups excluding carboxylic acids is 1. The number of anilines is 1. The number of aromatic nitrogens is 1. The molecular formula is C16H21Cl2N3O2. The second-order valence-corrected chi connectivity index (χ2v) is 4.84. The molecule has 0 bridgehead atoms. The minimum Gasteiger partial charge on any atom is -0.439 e. The van der Waals surface area contributed by atoms with Crippen molar-refractivity contribution < 1.29 is 9.53 Å². The fraction of sp³-hybridized carbons (Fsp3) is 0.250. The molecule has 23 heavy (non-hydrogen) atoms. The number of nitrogens with two attached hydrogens (primary N) is 1. The summed E-state index contributed by atoms with van der Waals surface area (Å²) in [7, 11) is 0. The third kappa shape index (κ3) is 6.44. The van der Waals surface area contributed by atoms with Crippen LogP contribution in [0.4, 0.5) is 5.69 Å². The van der Waals surface area contributed by atoms with Crippen LogP contribution < -0.4 is 15.8 Å². The highest BCUT2D eigenvalue weighted by atomic mass is 35.5. The van der Waals surface area contributed by atoms with Crippen molar-refractivity contribution in [2.24, 2.45) is 5.73 Å². The number of ether oxygens (including phenoxy) is 1. The molecule has 0 radical (unpaired) electrons. The average Bonchev–Trinajstić information content (AvgIpc) is 2.43. The molecule has 0 aliphatic heterocycles. The normalized spacial score (nSPS) is 9.35. The third-order valence-corrected chi connectivity index (χ3v) is 2.95. The lowest BCUT2D eigenvalue weighted by Gasteiger charge is -2.11. The summed E-state index contributed by atoms with van der Waals surface area (Å²) < 4.78 is 5.79. The van der Waals surface area contributed by atoms with Crippen LogP contribution in [0.2, 0.25) is 0 Å². The summed E-state index contributed by atoms with van der Waals surface area (Å²) in [5, 5.41) is 2.79. The first-order valence-electron chi connectivity index (χ1n) is 6.79. The molecule has 1 heterocycles. The standard InChI is InChI=1S/C16H19N3O2.2ClH/c1-11-6-8-18-16(9-11)21-14-10-13(4-3-12(14)2)19-15(20)5-7-17;;/h3-4,6,8-10H,5,7,17H2,1-2H3,(H,19,20);2*1H. The Bertz CT molecular complexity index is 651. The summed E-state index contributed by atoms with van der Waals surface area (Å²) in [6.07, 6.45) is 2.00. The van der Waals surface area contributed by atoms with Gasteiger partial charge in [-0.15, -0.1) is 24.8 Å². The first kappa shape index (κ1) is 21.2. The van der Waals surface area contributed by atoms with Crippen LogP contribution >= 0.6 is 24.8 Å². The van der Waals surface area contributed by atoms with Crippen LogP contribution in [0.1, 0.15) is 17.5 Å². The van der Waals surface area contributed by atoms with Gasteiger partial charge in [-0.1, -0.05) is 6.07 Å². The molecule has 0 unspecified atom stereocenters. The largest absolute Gasteiger partial charge is 0.439 e. The van der Waals surface area contributed by atoms with Gasteiger partial charge < -0.3 is 15.8 Å². The van der Waals surface area contributed by atoms with Crippen molar-refractivity contribution in [3.8, 4) is 11.6 Å². The van der Waals surface area contributed by atoms with Gasteiger partial charge in [-0.05, 0) is 37.1 Å². The van der Waals surface area contributed by atoms with Crippen LogP contribution in [0, 0.1) is 13.8 Å². The van der Waals surface area contributed by atoms with Crippen molar-refractivity contribution in [1.29, 1.82) is 0 Å². The van der Waals surface area contributed by atoms with Gasteiger partial charge in [0.15, 0.2) is 0 Å². The lowest BCUT2D eigenvalue weighted by atomic mass is 10.2. The quantitative estimate of drug-likeness (QED) is 0.856. The number of nitrogens with one attached hydrogen (secondary N) is 1. The summed E-state index contributed by atoms with van der Waals surface area (Å²) >= 11 is 0. The van der Waals surface area contributed by atoms with Gasteiger partial charge in [0.25, 0.3) is 0 Å². The van der Waals surface area contributed by atoms with E-state index in [0.29, 0.717) is 30.3 Å². The summed E-state index contributed by atoms with van der Waals surface area (Å²) in [6.45, 7) is 4.25. The van der Waals surface area contributed by atoms with Crippen molar-refractivity contribution in [3.63, 3.8) is 0 Å². The molecule has 0 spiro atoms. The van der Waals surface area contributed by atoms with Crippen molar-refractivity contribution in [1.82, 2.24) is 4.98 Å². The maximum atomic E-state index is 11.6. The zero-order chi connectivity index (χ0) is 15.2. The molecule has 0 atom stereocenters. The van der Waals surface area contributed by atoms with Crippen LogP contribution in [0.5, 0.6) is 11.6 Å². The van der Waals surface area contributed by atoms with Gasteiger partial charge in [0, 0.05) is 37.0 Å². The van der Waals surface area contributed by atoms with E-state index in [1.54, 1.807) is 12.3 Å². The number of hydrogen-bond donors (Lipinski definition) is 2. The van der Waals surface area contributed by atoms with Gasteiger partial charge in [0.2, 0.25) is 11.8 Å². The first-order chi connectivity index (χ1) is 10.1. The second kappa shape index (κ2) is 10.0. The SMILES string of the molecule is Cc1ccnc(Oc2cc(NC(=O)CCN)ccc2C)c1.Cl.Cl. The van der Waals surface area contributed by atoms with E-state index in [4.69, 9.17) is 10.5 Å². The number of rotatable bonds is 5. The zero-order valence-electron chi connectivity index (χ0n) is 13.0. The number of hydrogen-bond acceptors (Lipinski definition) is 4. The zero-order valence-corrected chi connectivity index (χ0v) is 14.7. The van der Waals surface area contributed by atoms with E-state index in [1.165, 1.54) is 0 Å². The molecule has 0 fully saturated rings. The van der Waals surface area contributed by atoms with Gasteiger partial charge in [0.1, 0.15) is 5.75 Å². The maximum Gasteiger partial charge on any atom is 0.225 e. The molecule has 2 rings (SSSR count). The fourth-order valence-electron chi connectivity index (χ4n) is 1.82. The van der Waals surface area contributed by atoms with Gasteiger partial charge in [-0.3, -0.25) is 4.79 Å². The predicted octanol–water partition coefficient (Wildman–Crippen LogP) is 3.62. The predicted molar refractivity (Wildman–Crippen MR) is 97.0 cm³/mol. The van der Waals surface area contributed by atoms with Gasteiger partial charge in [0.05, 0.1) is 0 Å². The van der Waals surface area contributed by atoms with Crippen LogP contribution in [0.25, 0.3) is 0 Å². The Morgan fingerprint density at radius 3 is 2.61 bits per heavy atom. The van der Waals surface area contributed by atoms with E-state index in [2.05, 4.69) is 10.3 Å². The Morgan fingerprint density at radius 1 is 1.22 bits per heavy atom. The van der Waals surface area contributed by atoms with Gasteiger partial charge in [-0.2, -0.15) is 0 Å². The highest BCUT2D eigenvalue weighted by molar-refractivity contribution is 5.91. The van der Waals surface area contributed by atoms with Crippen molar-refractivity contribution in [3.05, 3.63) is 47.7 Å². The summed E-state index contributed by atoms with van der Waals surface area (Å²) in [4.78, 5) is 15.7. The molecule has 1 aromatic heterocycles. The Kier molecular flexibility index (Phi) is 9.25. The molecule has 1 amide bonds. The molecule has 2 aromatic rings. The number of aryl methyl sites for hydroxylation is 2. The van der Waals surface area contributed by atoms with E-state index in [1.807, 2.05) is 38.1 Å². The molecule has 7 heteroatoms. The molecule has 126 valence electrons. The first-order valence-corrected chi connectivity index (χ1v) is 6.79. The highest BCUT2D eigenvalue weighted by Crippen LogP contribution is 2.27. The van der Waals surface area contributed by atoms with E-state index in [9.17, 15) is 4.79 Å². The Balaban J connectivity index is 0.00000242. The molecule has 0 aliphatic rings. The highest BCUT2D eigenvalue weighted by Gasteiger charge is 2.07. The second-order valence-electron chi connectivity index (χ2n) is 4.84. The monoisotopic (exact) mass is 357 g/mol. The van der Waals surface area contributed by atoms with Crippen LogP contribution in [0.3, 0.4) is 0 Å². The molecular weight excluding hydrogens is 337 g/mol. The molecule has 5 nitrogen and oxygen atoms in total. The number of benzene rings is 1. The third-order valence-electron chi connectivity index (χ3n) is 2.95. The lowest BCUT2D eigenvalue weighted by Crippen LogP contribution is -2.16. The Labute approximate surface area is 148 Å². The van der Waals surface area contributed by atoms with Crippen LogP contribution in [0.15, 0.2) is 36.5 Å². The number of nitrogens with zero attached hydrogens (tertiary/aromatic N) is 1. The van der Waals surface area contributed by atoms with E-state index in [0.717, 1.165) is 11.1 Å². The number of amides is 1. The molecule has 0 saturated heterocycles. The number of pyridine rings is 1. The van der Waals surface area contributed by atoms with Crippen molar-refractivity contribution in [2.45, 2.75) is 20.3 Å². The summed E-state index contributed by atoms with van der Waals surface area (Å²) in [6, 6.07) is 9.28. The van der Waals surface area contributed by atoms with E-state index < -0.39 is 0 Å². The van der Waals surface area contributed by atoms with Crippen molar-refractivity contribution in [2.75, 3.05) is 11.9 Å². The number of halogens is 2. The minimum absolute atomic E-state index is 0. The Hall–Kier alpha value is -1.82. The maximum absolute atomic E-state index is 11.6. The lowest BCUT2D eigenvalue weighted by molar-refractivity contribution is -0.116. The van der Waals surface area contributed by atoms with E-state index >= 15 is 0 Å². The molecule has 0 aliphatic carbocycles. The number of carbonyl (C=O) groups is 1. The molecule has 3 N–H and O–H groups in total.